The third-order valence-electron chi connectivity index (χ3n) is 3.45. The molecule has 104 valence electrons. The third kappa shape index (κ3) is 3.54. The van der Waals surface area contributed by atoms with Crippen LogP contribution in [-0.4, -0.2) is 52.4 Å². The van der Waals surface area contributed by atoms with Gasteiger partial charge in [-0.15, -0.1) is 0 Å². The standard InChI is InChI=1S/C14H20BrN3O/c1-14(2,3)18-9-7-17(8-10-18)13(19)11-5-4-6-12(15)16-11/h4-6H,7-10H2,1-3H3. The van der Waals surface area contributed by atoms with Crippen LogP contribution in [-0.2, 0) is 0 Å². The average Bonchev–Trinajstić information content (AvgIpc) is 2.37. The molecule has 1 fully saturated rings. The van der Waals surface area contributed by atoms with E-state index >= 15 is 0 Å². The summed E-state index contributed by atoms with van der Waals surface area (Å²) in [5, 5.41) is 0. The first-order valence-electron chi connectivity index (χ1n) is 6.55. The third-order valence-corrected chi connectivity index (χ3v) is 3.89. The minimum Gasteiger partial charge on any atom is -0.335 e. The predicted molar refractivity (Wildman–Crippen MR) is 79.2 cm³/mol. The van der Waals surface area contributed by atoms with Gasteiger partial charge in [0.1, 0.15) is 10.3 Å². The molecule has 19 heavy (non-hydrogen) atoms. The Hall–Kier alpha value is -0.940. The molecule has 5 heteroatoms. The summed E-state index contributed by atoms with van der Waals surface area (Å²) in [5.74, 6) is 0.0230. The molecule has 0 atom stereocenters. The maximum absolute atomic E-state index is 12.3. The van der Waals surface area contributed by atoms with Crippen molar-refractivity contribution in [3.63, 3.8) is 0 Å². The molecule has 1 aliphatic rings. The van der Waals surface area contributed by atoms with Gasteiger partial charge >= 0.3 is 0 Å². The maximum Gasteiger partial charge on any atom is 0.272 e. The van der Waals surface area contributed by atoms with Gasteiger partial charge in [-0.2, -0.15) is 0 Å². The van der Waals surface area contributed by atoms with E-state index in [0.717, 1.165) is 26.2 Å². The molecule has 1 amide bonds. The van der Waals surface area contributed by atoms with Crippen molar-refractivity contribution >= 4 is 21.8 Å². The molecule has 0 bridgehead atoms. The fourth-order valence-corrected chi connectivity index (χ4v) is 2.61. The molecule has 0 unspecified atom stereocenters. The van der Waals surface area contributed by atoms with Gasteiger partial charge in [-0.05, 0) is 48.8 Å². The summed E-state index contributed by atoms with van der Waals surface area (Å²) >= 11 is 3.30. The Morgan fingerprint density at radius 3 is 2.37 bits per heavy atom. The highest BCUT2D eigenvalue weighted by molar-refractivity contribution is 9.10. The van der Waals surface area contributed by atoms with Gasteiger partial charge in [-0.25, -0.2) is 4.98 Å². The van der Waals surface area contributed by atoms with E-state index in [-0.39, 0.29) is 11.4 Å². The number of pyridine rings is 1. The van der Waals surface area contributed by atoms with Crippen LogP contribution < -0.4 is 0 Å². The number of amides is 1. The summed E-state index contributed by atoms with van der Waals surface area (Å²) in [4.78, 5) is 20.9. The highest BCUT2D eigenvalue weighted by Gasteiger charge is 2.28. The van der Waals surface area contributed by atoms with E-state index in [1.165, 1.54) is 0 Å². The summed E-state index contributed by atoms with van der Waals surface area (Å²) in [6, 6.07) is 5.44. The number of halogens is 1. The lowest BCUT2D eigenvalue weighted by molar-refractivity contribution is 0.0446. The largest absolute Gasteiger partial charge is 0.335 e. The number of nitrogens with zero attached hydrogens (tertiary/aromatic N) is 3. The fraction of sp³-hybridized carbons (Fsp3) is 0.571. The van der Waals surface area contributed by atoms with Crippen LogP contribution in [0.4, 0.5) is 0 Å². The van der Waals surface area contributed by atoms with Crippen LogP contribution in [0.3, 0.4) is 0 Å². The molecule has 0 saturated carbocycles. The zero-order valence-electron chi connectivity index (χ0n) is 11.7. The van der Waals surface area contributed by atoms with Crippen molar-refractivity contribution in [2.45, 2.75) is 26.3 Å². The van der Waals surface area contributed by atoms with Crippen LogP contribution >= 0.6 is 15.9 Å². The number of hydrogen-bond acceptors (Lipinski definition) is 3. The normalized spacial score (nSPS) is 17.6. The molecule has 2 heterocycles. The van der Waals surface area contributed by atoms with E-state index < -0.39 is 0 Å². The van der Waals surface area contributed by atoms with Crippen molar-refractivity contribution in [3.05, 3.63) is 28.5 Å². The monoisotopic (exact) mass is 325 g/mol. The van der Waals surface area contributed by atoms with Crippen molar-refractivity contribution in [2.24, 2.45) is 0 Å². The Bertz CT molecular complexity index is 462. The smallest absolute Gasteiger partial charge is 0.272 e. The van der Waals surface area contributed by atoms with Gasteiger partial charge in [-0.1, -0.05) is 6.07 Å². The molecule has 0 radical (unpaired) electrons. The molecular formula is C14H20BrN3O. The summed E-state index contributed by atoms with van der Waals surface area (Å²) in [6.07, 6.45) is 0. The molecule has 1 aliphatic heterocycles. The lowest BCUT2D eigenvalue weighted by Crippen LogP contribution is -2.54. The minimum absolute atomic E-state index is 0.0230. The molecule has 1 aromatic heterocycles. The van der Waals surface area contributed by atoms with Gasteiger partial charge in [0.15, 0.2) is 0 Å². The van der Waals surface area contributed by atoms with Gasteiger partial charge in [-0.3, -0.25) is 9.69 Å². The molecule has 1 saturated heterocycles. The van der Waals surface area contributed by atoms with E-state index in [9.17, 15) is 4.79 Å². The fourth-order valence-electron chi connectivity index (χ4n) is 2.27. The number of aromatic nitrogens is 1. The first kappa shape index (κ1) is 14.5. The Kier molecular flexibility index (Phi) is 4.26. The van der Waals surface area contributed by atoms with Crippen LogP contribution in [0.5, 0.6) is 0 Å². The molecule has 0 aliphatic carbocycles. The highest BCUT2D eigenvalue weighted by Crippen LogP contribution is 2.17. The van der Waals surface area contributed by atoms with E-state index in [1.54, 1.807) is 6.07 Å². The lowest BCUT2D eigenvalue weighted by Gasteiger charge is -2.42. The minimum atomic E-state index is 0.0230. The van der Waals surface area contributed by atoms with E-state index in [1.807, 2.05) is 17.0 Å². The van der Waals surface area contributed by atoms with Crippen molar-refractivity contribution in [1.29, 1.82) is 0 Å². The van der Waals surface area contributed by atoms with Gasteiger partial charge in [0.05, 0.1) is 0 Å². The molecule has 0 N–H and O–H groups in total. The Morgan fingerprint density at radius 1 is 1.21 bits per heavy atom. The van der Waals surface area contributed by atoms with Crippen molar-refractivity contribution in [3.8, 4) is 0 Å². The van der Waals surface area contributed by atoms with Gasteiger partial charge in [0.25, 0.3) is 5.91 Å². The second kappa shape index (κ2) is 5.59. The molecule has 0 aromatic carbocycles. The molecule has 0 spiro atoms. The second-order valence-corrected chi connectivity index (χ2v) is 6.61. The van der Waals surface area contributed by atoms with Crippen molar-refractivity contribution < 1.29 is 4.79 Å². The zero-order chi connectivity index (χ0) is 14.0. The van der Waals surface area contributed by atoms with E-state index in [0.29, 0.717) is 10.3 Å². The van der Waals surface area contributed by atoms with E-state index in [4.69, 9.17) is 0 Å². The summed E-state index contributed by atoms with van der Waals surface area (Å²) in [6.45, 7) is 10.0. The Balaban J connectivity index is 2.00. The van der Waals surface area contributed by atoms with Crippen LogP contribution in [0.2, 0.25) is 0 Å². The molecular weight excluding hydrogens is 306 g/mol. The number of carbonyl (C=O) groups excluding carboxylic acids is 1. The Morgan fingerprint density at radius 2 is 1.84 bits per heavy atom. The van der Waals surface area contributed by atoms with E-state index in [2.05, 4.69) is 46.6 Å². The Labute approximate surface area is 122 Å². The topological polar surface area (TPSA) is 36.4 Å². The van der Waals surface area contributed by atoms with Crippen molar-refractivity contribution in [1.82, 2.24) is 14.8 Å². The summed E-state index contributed by atoms with van der Waals surface area (Å²) in [7, 11) is 0. The van der Waals surface area contributed by atoms with Crippen LogP contribution in [0.25, 0.3) is 0 Å². The van der Waals surface area contributed by atoms with Gasteiger partial charge in [0, 0.05) is 31.7 Å². The SMILES string of the molecule is CC(C)(C)N1CCN(C(=O)c2cccc(Br)n2)CC1. The van der Waals surface area contributed by atoms with Gasteiger partial charge in [0.2, 0.25) is 0 Å². The lowest BCUT2D eigenvalue weighted by atomic mass is 10.0. The zero-order valence-corrected chi connectivity index (χ0v) is 13.3. The predicted octanol–water partition coefficient (Wildman–Crippen LogP) is 2.40. The highest BCUT2D eigenvalue weighted by atomic mass is 79.9. The number of rotatable bonds is 1. The molecule has 4 nitrogen and oxygen atoms in total. The second-order valence-electron chi connectivity index (χ2n) is 5.80. The van der Waals surface area contributed by atoms with Gasteiger partial charge < -0.3 is 4.90 Å². The maximum atomic E-state index is 12.3. The summed E-state index contributed by atoms with van der Waals surface area (Å²) in [5.41, 5.74) is 0.682. The van der Waals surface area contributed by atoms with Crippen LogP contribution in [0.1, 0.15) is 31.3 Å². The number of carbonyl (C=O) groups is 1. The first-order chi connectivity index (χ1) is 8.88. The van der Waals surface area contributed by atoms with Crippen molar-refractivity contribution in [2.75, 3.05) is 26.2 Å². The molecule has 2 rings (SSSR count). The molecule has 1 aromatic rings. The number of hydrogen-bond donors (Lipinski definition) is 0. The van der Waals surface area contributed by atoms with Crippen LogP contribution in [0, 0.1) is 0 Å². The first-order valence-corrected chi connectivity index (χ1v) is 7.34. The average molecular weight is 326 g/mol. The quantitative estimate of drug-likeness (QED) is 0.744. The summed E-state index contributed by atoms with van der Waals surface area (Å²) < 4.78 is 0.701. The number of piperazine rings is 1. The van der Waals surface area contributed by atoms with Crippen LogP contribution in [0.15, 0.2) is 22.8 Å².